The standard InChI is InChI=1S/C13H16N2O2.C4H10O.C3H8O3.C2H4/c1-2-3-9-11-12(16)14-15(13(11)17)10-7-5-4-6-8-10;1-3-5-4-2;4-1-3(6)2-5;1-2/h4-8,11H,2-3,9H2,1H3,(H,14,16);3-4H2,1-2H3;3-6H,1-2H2;1-2H2. The lowest BCUT2D eigenvalue weighted by atomic mass is 10.0. The number of carbonyl (C=O) groups excluding carboxylic acids is 2. The maximum absolute atomic E-state index is 12.1. The minimum absolute atomic E-state index is 0.144. The van der Waals surface area contributed by atoms with E-state index in [9.17, 15) is 9.59 Å². The van der Waals surface area contributed by atoms with E-state index < -0.39 is 12.0 Å². The molecule has 1 saturated heterocycles. The molecule has 0 aliphatic carbocycles. The summed E-state index contributed by atoms with van der Waals surface area (Å²) in [5.74, 6) is -0.850. The molecule has 0 saturated carbocycles. The lowest BCUT2D eigenvalue weighted by Crippen LogP contribution is -2.35. The summed E-state index contributed by atoms with van der Waals surface area (Å²) in [7, 11) is 0. The minimum Gasteiger partial charge on any atom is -0.394 e. The highest BCUT2D eigenvalue weighted by molar-refractivity contribution is 6.14. The number of amides is 2. The Bertz CT molecular complexity index is 550. The van der Waals surface area contributed by atoms with Crippen molar-refractivity contribution in [2.45, 2.75) is 46.1 Å². The Balaban J connectivity index is 0. The van der Waals surface area contributed by atoms with E-state index >= 15 is 0 Å². The van der Waals surface area contributed by atoms with Crippen LogP contribution in [-0.4, -0.2) is 59.7 Å². The Morgan fingerprint density at radius 1 is 1.07 bits per heavy atom. The van der Waals surface area contributed by atoms with Crippen molar-refractivity contribution in [3.8, 4) is 0 Å². The first-order chi connectivity index (χ1) is 14.5. The van der Waals surface area contributed by atoms with Gasteiger partial charge in [0.2, 0.25) is 0 Å². The van der Waals surface area contributed by atoms with Gasteiger partial charge in [-0.05, 0) is 32.4 Å². The van der Waals surface area contributed by atoms with Gasteiger partial charge in [0.05, 0.1) is 18.9 Å². The molecule has 0 bridgehead atoms. The summed E-state index contributed by atoms with van der Waals surface area (Å²) in [6, 6.07) is 9.17. The minimum atomic E-state index is -0.954. The number of aliphatic hydroxyl groups excluding tert-OH is 3. The number of hydrazine groups is 1. The maximum Gasteiger partial charge on any atom is 0.258 e. The molecule has 1 heterocycles. The highest BCUT2D eigenvalue weighted by atomic mass is 16.5. The molecule has 1 aromatic carbocycles. The van der Waals surface area contributed by atoms with Crippen LogP contribution in [0.5, 0.6) is 0 Å². The van der Waals surface area contributed by atoms with Gasteiger partial charge in [0.25, 0.3) is 11.8 Å². The fraction of sp³-hybridized carbons (Fsp3) is 0.545. The summed E-state index contributed by atoms with van der Waals surface area (Å²) in [6.45, 7) is 13.0. The summed E-state index contributed by atoms with van der Waals surface area (Å²) >= 11 is 0. The molecule has 172 valence electrons. The summed E-state index contributed by atoms with van der Waals surface area (Å²) in [5.41, 5.74) is 3.34. The monoisotopic (exact) mass is 426 g/mol. The third-order valence-electron chi connectivity index (χ3n) is 3.75. The number of para-hydroxylation sites is 1. The van der Waals surface area contributed by atoms with Crippen molar-refractivity contribution in [3.63, 3.8) is 0 Å². The molecule has 1 atom stereocenters. The molecule has 2 rings (SSSR count). The number of hydrogen-bond acceptors (Lipinski definition) is 6. The number of carbonyl (C=O) groups is 2. The third-order valence-corrected chi connectivity index (χ3v) is 3.75. The lowest BCUT2D eigenvalue weighted by molar-refractivity contribution is -0.127. The number of unbranched alkanes of at least 4 members (excludes halogenated alkanes) is 1. The van der Waals surface area contributed by atoms with Crippen molar-refractivity contribution in [1.82, 2.24) is 5.43 Å². The predicted octanol–water partition coefficient (Wildman–Crippen LogP) is 2.05. The normalized spacial score (nSPS) is 14.6. The molecule has 1 aliphatic rings. The van der Waals surface area contributed by atoms with Gasteiger partial charge in [-0.15, -0.1) is 13.2 Å². The van der Waals surface area contributed by atoms with Gasteiger partial charge >= 0.3 is 0 Å². The number of aliphatic hydroxyl groups is 3. The molecule has 0 radical (unpaired) electrons. The summed E-state index contributed by atoms with van der Waals surface area (Å²) in [4.78, 5) is 23.8. The van der Waals surface area contributed by atoms with E-state index in [2.05, 4.69) is 18.6 Å². The van der Waals surface area contributed by atoms with Crippen molar-refractivity contribution >= 4 is 17.5 Å². The maximum atomic E-state index is 12.1. The predicted molar refractivity (Wildman–Crippen MR) is 119 cm³/mol. The van der Waals surface area contributed by atoms with E-state index in [1.54, 1.807) is 12.1 Å². The first-order valence-corrected chi connectivity index (χ1v) is 10.1. The van der Waals surface area contributed by atoms with Gasteiger partial charge in [-0.3, -0.25) is 15.0 Å². The highest BCUT2D eigenvalue weighted by Crippen LogP contribution is 2.22. The molecule has 8 heteroatoms. The van der Waals surface area contributed by atoms with E-state index in [1.165, 1.54) is 5.01 Å². The summed E-state index contributed by atoms with van der Waals surface area (Å²) < 4.78 is 4.83. The first kappa shape index (κ1) is 29.9. The van der Waals surface area contributed by atoms with E-state index in [0.29, 0.717) is 12.1 Å². The Morgan fingerprint density at radius 2 is 1.60 bits per heavy atom. The molecule has 4 N–H and O–H groups in total. The molecular formula is C22H38N2O6. The molecule has 0 aromatic heterocycles. The third kappa shape index (κ3) is 12.3. The average molecular weight is 427 g/mol. The molecule has 2 amide bonds. The molecule has 30 heavy (non-hydrogen) atoms. The Morgan fingerprint density at radius 3 is 1.97 bits per heavy atom. The largest absolute Gasteiger partial charge is 0.394 e. The smallest absolute Gasteiger partial charge is 0.258 e. The number of benzene rings is 1. The number of rotatable bonds is 8. The fourth-order valence-electron chi connectivity index (χ4n) is 2.20. The SMILES string of the molecule is C=C.CCCCC1C(=O)NN(c2ccccc2)C1=O.CCOCC.OCC(O)CO. The van der Waals surface area contributed by atoms with Crippen molar-refractivity contribution in [2.75, 3.05) is 31.4 Å². The van der Waals surface area contributed by atoms with E-state index in [-0.39, 0.29) is 25.0 Å². The van der Waals surface area contributed by atoms with Crippen LogP contribution in [0.2, 0.25) is 0 Å². The van der Waals surface area contributed by atoms with Crippen LogP contribution >= 0.6 is 0 Å². The van der Waals surface area contributed by atoms with Gasteiger partial charge in [0.15, 0.2) is 0 Å². The second-order valence-electron chi connectivity index (χ2n) is 5.98. The second-order valence-corrected chi connectivity index (χ2v) is 5.98. The molecule has 1 unspecified atom stereocenters. The lowest BCUT2D eigenvalue weighted by Gasteiger charge is -2.14. The van der Waals surface area contributed by atoms with Gasteiger partial charge in [-0.2, -0.15) is 0 Å². The number of nitrogens with zero attached hydrogens (tertiary/aromatic N) is 1. The van der Waals surface area contributed by atoms with Gasteiger partial charge in [-0.1, -0.05) is 38.0 Å². The van der Waals surface area contributed by atoms with Gasteiger partial charge in [0.1, 0.15) is 12.0 Å². The van der Waals surface area contributed by atoms with Crippen LogP contribution in [0.15, 0.2) is 43.5 Å². The van der Waals surface area contributed by atoms with Crippen molar-refractivity contribution in [3.05, 3.63) is 43.5 Å². The number of anilines is 1. The number of ether oxygens (including phenoxy) is 1. The van der Waals surface area contributed by atoms with Crippen LogP contribution < -0.4 is 10.4 Å². The Kier molecular flexibility index (Phi) is 20.0. The average Bonchev–Trinajstić information content (AvgIpc) is 3.08. The van der Waals surface area contributed by atoms with Gasteiger partial charge in [-0.25, -0.2) is 5.01 Å². The molecule has 1 aliphatic heterocycles. The van der Waals surface area contributed by atoms with E-state index in [4.69, 9.17) is 20.1 Å². The molecule has 0 spiro atoms. The van der Waals surface area contributed by atoms with Crippen LogP contribution in [-0.2, 0) is 14.3 Å². The Labute approximate surface area is 180 Å². The van der Waals surface area contributed by atoms with Gasteiger partial charge in [0, 0.05) is 13.2 Å². The van der Waals surface area contributed by atoms with Crippen LogP contribution in [0.25, 0.3) is 0 Å². The van der Waals surface area contributed by atoms with Gasteiger partial charge < -0.3 is 20.1 Å². The zero-order valence-electron chi connectivity index (χ0n) is 18.4. The van der Waals surface area contributed by atoms with Crippen molar-refractivity contribution < 1.29 is 29.6 Å². The number of hydrogen-bond donors (Lipinski definition) is 4. The van der Waals surface area contributed by atoms with Crippen LogP contribution in [0, 0.1) is 5.92 Å². The first-order valence-electron chi connectivity index (χ1n) is 10.1. The number of nitrogens with one attached hydrogen (secondary N) is 1. The van der Waals surface area contributed by atoms with Crippen LogP contribution in [0.3, 0.4) is 0 Å². The molecule has 1 fully saturated rings. The quantitative estimate of drug-likeness (QED) is 0.373. The molecule has 1 aromatic rings. The van der Waals surface area contributed by atoms with E-state index in [0.717, 1.165) is 26.1 Å². The summed E-state index contributed by atoms with van der Waals surface area (Å²) in [5, 5.41) is 25.4. The van der Waals surface area contributed by atoms with Crippen LogP contribution in [0.4, 0.5) is 5.69 Å². The second kappa shape index (κ2) is 20.0. The summed E-state index contributed by atoms with van der Waals surface area (Å²) in [6.07, 6.45) is 1.56. The topological polar surface area (TPSA) is 119 Å². The Hall–Kier alpha value is -2.26. The molecule has 8 nitrogen and oxygen atoms in total. The van der Waals surface area contributed by atoms with E-state index in [1.807, 2.05) is 39.0 Å². The highest BCUT2D eigenvalue weighted by Gasteiger charge is 2.39. The zero-order chi connectivity index (χ0) is 23.4. The fourth-order valence-corrected chi connectivity index (χ4v) is 2.20. The molecular weight excluding hydrogens is 388 g/mol. The van der Waals surface area contributed by atoms with Crippen LogP contribution in [0.1, 0.15) is 40.0 Å². The zero-order valence-corrected chi connectivity index (χ0v) is 18.4. The van der Waals surface area contributed by atoms with Crippen molar-refractivity contribution in [2.24, 2.45) is 5.92 Å². The van der Waals surface area contributed by atoms with Crippen molar-refractivity contribution in [1.29, 1.82) is 0 Å².